The van der Waals surface area contributed by atoms with E-state index in [-0.39, 0.29) is 0 Å². The Morgan fingerprint density at radius 2 is 0.386 bits per heavy atom. The predicted molar refractivity (Wildman–Crippen MR) is 571 cm³/mol. The quantitative estimate of drug-likeness (QED) is 0.159. The highest BCUT2D eigenvalue weighted by Crippen LogP contribution is 2.54. The van der Waals surface area contributed by atoms with Crippen LogP contribution in [0, 0.1) is 20.8 Å². The van der Waals surface area contributed by atoms with E-state index >= 15 is 0 Å². The fraction of sp³-hybridized carbons (Fsp3) is 0.0244. The molecule has 0 aliphatic heterocycles. The van der Waals surface area contributed by atoms with Crippen molar-refractivity contribution in [2.45, 2.75) is 20.8 Å². The van der Waals surface area contributed by atoms with E-state index in [1.165, 1.54) is 274 Å². The molecule has 0 radical (unpaired) electrons. The topological polar surface area (TPSA) is 29.6 Å². The molecule has 618 valence electrons. The molecule has 30 rings (SSSR count). The first-order chi connectivity index (χ1) is 65.3. The maximum absolute atomic E-state index is 2.54. The van der Waals surface area contributed by atoms with Crippen LogP contribution in [0.4, 0.5) is 0 Å². The van der Waals surface area contributed by atoms with Gasteiger partial charge in [-0.05, 0) is 148 Å². The number of aromatic nitrogens is 6. The second-order valence-corrected chi connectivity index (χ2v) is 38.6. The molecule has 0 spiro atoms. The number of aryl methyl sites for hydroxylation is 3. The van der Waals surface area contributed by atoms with Gasteiger partial charge in [-0.15, -0.1) is 34.0 Å². The zero-order valence-corrected chi connectivity index (χ0v) is 74.7. The Morgan fingerprint density at radius 1 is 0.152 bits per heavy atom. The third kappa shape index (κ3) is 10.8. The van der Waals surface area contributed by atoms with Gasteiger partial charge in [0.2, 0.25) is 0 Å². The van der Waals surface area contributed by atoms with Crippen molar-refractivity contribution >= 4 is 258 Å². The second kappa shape index (κ2) is 28.9. The van der Waals surface area contributed by atoms with Crippen LogP contribution in [-0.2, 0) is 0 Å². The zero-order valence-electron chi connectivity index (χ0n) is 72.2. The summed E-state index contributed by atoms with van der Waals surface area (Å²) in [5.41, 5.74) is 25.9. The van der Waals surface area contributed by atoms with Crippen molar-refractivity contribution in [3.63, 3.8) is 0 Å². The molecule has 9 heteroatoms. The molecule has 0 amide bonds. The molecule has 0 fully saturated rings. The summed E-state index contributed by atoms with van der Waals surface area (Å²) in [6.45, 7) is 6.46. The van der Waals surface area contributed by atoms with Crippen molar-refractivity contribution in [3.8, 4) is 34.1 Å². The second-order valence-electron chi connectivity index (χ2n) is 35.4. The highest BCUT2D eigenvalue weighted by Gasteiger charge is 2.30. The van der Waals surface area contributed by atoms with Crippen molar-refractivity contribution in [1.82, 2.24) is 27.4 Å². The average molecular weight is 1740 g/mol. The third-order valence-electron chi connectivity index (χ3n) is 28.1. The molecule has 30 aromatic rings. The molecule has 0 saturated heterocycles. The standard InChI is InChI=1S/3C41H26N2S/c1-25-21-23-26(24-22-25)42-33-17-7-4-14-31(33)37-38-32-15-5-8-18-34(32)43(40(38)29-13-3-2-12-28(29)39(37)42)35-19-10-16-30-27-11-6-9-20-36(27)44-41(30)35;1-25-18-20-26(21-19-25)42-34-15-7-4-13-32(34)38-39-33-14-5-8-16-35(33)43(41(39)31-12-3-2-11-30(31)40(38)42)27-22-23-29-28-10-6-9-17-36(28)44-37(29)24-27;1-25-18-20-26(21-19-25)42-34-15-7-4-13-31(34)38-39-32-14-5-8-16-35(32)43(41(39)30-12-3-2-11-29(30)40(38)42)27-22-23-37-33(24-27)28-10-6-9-17-36(28)44-37/h3*2-24H,1H3. The largest absolute Gasteiger partial charge is 0.309 e. The first kappa shape index (κ1) is 74.9. The summed E-state index contributed by atoms with van der Waals surface area (Å²) in [6, 6.07) is 154. The fourth-order valence-electron chi connectivity index (χ4n) is 22.5. The van der Waals surface area contributed by atoms with E-state index in [4.69, 9.17) is 0 Å². The van der Waals surface area contributed by atoms with E-state index in [9.17, 15) is 0 Å². The fourth-order valence-corrected chi connectivity index (χ4v) is 25.9. The Hall–Kier alpha value is -16.1. The molecule has 0 atom stereocenters. The van der Waals surface area contributed by atoms with Crippen molar-refractivity contribution in [2.75, 3.05) is 0 Å². The maximum atomic E-state index is 2.54. The molecule has 0 aliphatic carbocycles. The molecule has 0 N–H and O–H groups in total. The van der Waals surface area contributed by atoms with Gasteiger partial charge in [-0.2, -0.15) is 0 Å². The number of hydrogen-bond acceptors (Lipinski definition) is 3. The molecule has 0 aliphatic rings. The molecule has 0 saturated carbocycles. The SMILES string of the molecule is Cc1ccc(-n2c3ccccc3c3c4c5ccccc5n(-c5ccc6c(c5)sc5ccccc56)c4c4ccccc4c32)cc1.Cc1ccc(-n2c3ccccc3c3c4c5ccccc5n(-c5ccc6sc7ccccc7c6c5)c4c4ccccc4c32)cc1.Cc1ccc(-n2c3ccccc3c3c4c5ccccc5n(-c5cccc6c5sc5ccccc56)c4c4ccccc4c32)cc1. The number of para-hydroxylation sites is 6. The molecule has 6 nitrogen and oxygen atoms in total. The normalized spacial score (nSPS) is 12.2. The van der Waals surface area contributed by atoms with E-state index in [2.05, 4.69) is 467 Å². The van der Waals surface area contributed by atoms with E-state index in [1.54, 1.807) is 0 Å². The predicted octanol–water partition coefficient (Wildman–Crippen LogP) is 35.1. The molecule has 9 heterocycles. The van der Waals surface area contributed by atoms with Gasteiger partial charge in [-0.1, -0.05) is 308 Å². The van der Waals surface area contributed by atoms with Gasteiger partial charge in [0.25, 0.3) is 0 Å². The van der Waals surface area contributed by atoms with Crippen molar-refractivity contribution < 1.29 is 0 Å². The van der Waals surface area contributed by atoms with Crippen molar-refractivity contribution in [2.24, 2.45) is 0 Å². The van der Waals surface area contributed by atoms with Crippen LogP contribution in [0.2, 0.25) is 0 Å². The summed E-state index contributed by atoms with van der Waals surface area (Å²) in [6.07, 6.45) is 0. The van der Waals surface area contributed by atoms with Gasteiger partial charge in [0.05, 0.1) is 76.6 Å². The van der Waals surface area contributed by atoms with Crippen LogP contribution in [-0.4, -0.2) is 27.4 Å². The molecule has 0 bridgehead atoms. The van der Waals surface area contributed by atoms with E-state index in [0.29, 0.717) is 0 Å². The average Bonchev–Trinajstić information content (AvgIpc) is 1.53. The lowest BCUT2D eigenvalue weighted by atomic mass is 9.99. The van der Waals surface area contributed by atoms with E-state index < -0.39 is 0 Å². The summed E-state index contributed by atoms with van der Waals surface area (Å²) < 4.78 is 22.9. The number of benzene rings is 21. The minimum Gasteiger partial charge on any atom is -0.309 e. The molecule has 21 aromatic carbocycles. The molecular formula is C123H78N6S3. The molecular weight excluding hydrogens is 1660 g/mol. The van der Waals surface area contributed by atoms with E-state index in [1.807, 2.05) is 34.0 Å². The smallest absolute Gasteiger partial charge is 0.0641 e. The van der Waals surface area contributed by atoms with Crippen molar-refractivity contribution in [3.05, 3.63) is 435 Å². The molecule has 132 heavy (non-hydrogen) atoms. The van der Waals surface area contributed by atoms with Gasteiger partial charge in [0.1, 0.15) is 0 Å². The van der Waals surface area contributed by atoms with Gasteiger partial charge in [-0.3, -0.25) is 0 Å². The van der Waals surface area contributed by atoms with Gasteiger partial charge in [-0.25, -0.2) is 0 Å². The number of hydrogen-bond donors (Lipinski definition) is 0. The van der Waals surface area contributed by atoms with Crippen molar-refractivity contribution in [1.29, 1.82) is 0 Å². The lowest BCUT2D eigenvalue weighted by molar-refractivity contribution is 1.18. The number of fused-ring (bicyclic) bond motifs is 39. The zero-order chi connectivity index (χ0) is 86.8. The monoisotopic (exact) mass is 1730 g/mol. The number of thiophene rings is 3. The van der Waals surface area contributed by atoms with Gasteiger partial charge >= 0.3 is 0 Å². The van der Waals surface area contributed by atoms with Crippen LogP contribution in [0.3, 0.4) is 0 Å². The Balaban J connectivity index is 0.0000000991. The highest BCUT2D eigenvalue weighted by molar-refractivity contribution is 7.26. The highest BCUT2D eigenvalue weighted by atomic mass is 32.1. The van der Waals surface area contributed by atoms with Crippen LogP contribution in [0.1, 0.15) is 16.7 Å². The van der Waals surface area contributed by atoms with Gasteiger partial charge in [0, 0.05) is 181 Å². The summed E-state index contributed by atoms with van der Waals surface area (Å²) in [5, 5.41) is 31.1. The lowest BCUT2D eigenvalue weighted by Gasteiger charge is -2.14. The number of rotatable bonds is 6. The van der Waals surface area contributed by atoms with Crippen LogP contribution >= 0.6 is 34.0 Å². The van der Waals surface area contributed by atoms with E-state index in [0.717, 1.165) is 0 Å². The van der Waals surface area contributed by atoms with Gasteiger partial charge < -0.3 is 27.4 Å². The Labute approximate surface area is 769 Å². The lowest BCUT2D eigenvalue weighted by Crippen LogP contribution is -1.97. The molecule has 9 aromatic heterocycles. The van der Waals surface area contributed by atoms with Crippen LogP contribution in [0.5, 0.6) is 0 Å². The summed E-state index contributed by atoms with van der Waals surface area (Å²) in [4.78, 5) is 0. The minimum absolute atomic E-state index is 1.19. The Kier molecular flexibility index (Phi) is 16.4. The Bertz CT molecular complexity index is 10100. The summed E-state index contributed by atoms with van der Waals surface area (Å²) in [7, 11) is 0. The Morgan fingerprint density at radius 3 is 0.750 bits per heavy atom. The maximum Gasteiger partial charge on any atom is 0.0641 e. The summed E-state index contributed by atoms with van der Waals surface area (Å²) >= 11 is 5.64. The van der Waals surface area contributed by atoms with Crippen LogP contribution in [0.15, 0.2) is 419 Å². The van der Waals surface area contributed by atoms with Crippen LogP contribution < -0.4 is 0 Å². The number of nitrogens with zero attached hydrogens (tertiary/aromatic N) is 6. The minimum atomic E-state index is 1.19. The summed E-state index contributed by atoms with van der Waals surface area (Å²) in [5.74, 6) is 0. The molecule has 0 unspecified atom stereocenters. The first-order valence-corrected chi connectivity index (χ1v) is 47.8. The third-order valence-corrected chi connectivity index (χ3v) is 31.5. The van der Waals surface area contributed by atoms with Crippen LogP contribution in [0.25, 0.3) is 258 Å². The van der Waals surface area contributed by atoms with Gasteiger partial charge in [0.15, 0.2) is 0 Å². The first-order valence-electron chi connectivity index (χ1n) is 45.4.